The van der Waals surface area contributed by atoms with E-state index in [1.165, 1.54) is 0 Å². The van der Waals surface area contributed by atoms with E-state index in [0.717, 1.165) is 19.5 Å². The number of nitrogens with zero attached hydrogens (tertiary/aromatic N) is 3. The summed E-state index contributed by atoms with van der Waals surface area (Å²) in [5.74, 6) is 1.35. The minimum atomic E-state index is 0.154. The molecule has 15 heavy (non-hydrogen) atoms. The van der Waals surface area contributed by atoms with Crippen molar-refractivity contribution in [1.82, 2.24) is 15.5 Å². The van der Waals surface area contributed by atoms with Gasteiger partial charge in [-0.1, -0.05) is 6.92 Å². The highest BCUT2D eigenvalue weighted by molar-refractivity contribution is 5.27. The monoisotopic (exact) mass is 212 g/mol. The molecule has 0 aliphatic heterocycles. The van der Waals surface area contributed by atoms with Gasteiger partial charge in [0.05, 0.1) is 6.04 Å². The molecule has 5 heteroatoms. The van der Waals surface area contributed by atoms with Gasteiger partial charge in [0, 0.05) is 13.1 Å². The zero-order valence-electron chi connectivity index (χ0n) is 9.95. The fraction of sp³-hybridized carbons (Fsp3) is 0.800. The van der Waals surface area contributed by atoms with E-state index in [9.17, 15) is 0 Å². The van der Waals surface area contributed by atoms with Crippen LogP contribution in [0.4, 0.5) is 5.95 Å². The van der Waals surface area contributed by atoms with E-state index >= 15 is 0 Å². The molecule has 5 nitrogen and oxygen atoms in total. The van der Waals surface area contributed by atoms with E-state index < -0.39 is 0 Å². The lowest BCUT2D eigenvalue weighted by Crippen LogP contribution is -2.23. The number of anilines is 1. The second kappa shape index (κ2) is 5.70. The van der Waals surface area contributed by atoms with Crippen LogP contribution in [-0.4, -0.2) is 30.3 Å². The van der Waals surface area contributed by atoms with Crippen LogP contribution in [0.3, 0.4) is 0 Å². The lowest BCUT2D eigenvalue weighted by atomic mass is 10.2. The molecule has 0 amide bonds. The fourth-order valence-corrected chi connectivity index (χ4v) is 1.51. The van der Waals surface area contributed by atoms with E-state index in [1.807, 2.05) is 7.05 Å². The molecule has 0 fully saturated rings. The summed E-state index contributed by atoms with van der Waals surface area (Å²) in [7, 11) is 1.90. The molecule has 1 heterocycles. The van der Waals surface area contributed by atoms with Crippen molar-refractivity contribution >= 4 is 5.95 Å². The van der Waals surface area contributed by atoms with Crippen LogP contribution in [0.1, 0.15) is 39.1 Å². The first-order chi connectivity index (χ1) is 7.26. The van der Waals surface area contributed by atoms with Crippen LogP contribution in [-0.2, 0) is 0 Å². The third-order valence-corrected chi connectivity index (χ3v) is 2.53. The van der Waals surface area contributed by atoms with Crippen LogP contribution < -0.4 is 10.2 Å². The maximum Gasteiger partial charge on any atom is 0.266 e. The van der Waals surface area contributed by atoms with E-state index in [0.29, 0.717) is 11.8 Å². The summed E-state index contributed by atoms with van der Waals surface area (Å²) in [5, 5.41) is 7.12. The standard InChI is InChI=1S/C10H20N4O/c1-5-8(11-4)9-12-10(13-15-9)14(6-2)7-3/h8,11H,5-7H2,1-4H3. The lowest BCUT2D eigenvalue weighted by Gasteiger charge is -2.14. The molecule has 1 rings (SSSR count). The molecule has 1 N–H and O–H groups in total. The average Bonchev–Trinajstić information content (AvgIpc) is 2.71. The fourth-order valence-electron chi connectivity index (χ4n) is 1.51. The average molecular weight is 212 g/mol. The third kappa shape index (κ3) is 2.68. The number of rotatable bonds is 6. The molecule has 0 radical (unpaired) electrons. The molecule has 0 saturated carbocycles. The maximum atomic E-state index is 5.23. The molecule has 0 aliphatic carbocycles. The van der Waals surface area contributed by atoms with Gasteiger partial charge in [-0.15, -0.1) is 0 Å². The van der Waals surface area contributed by atoms with Crippen molar-refractivity contribution in [3.8, 4) is 0 Å². The quantitative estimate of drug-likeness (QED) is 0.776. The number of aromatic nitrogens is 2. The molecular formula is C10H20N4O. The first-order valence-corrected chi connectivity index (χ1v) is 5.52. The van der Waals surface area contributed by atoms with Gasteiger partial charge in [-0.3, -0.25) is 0 Å². The van der Waals surface area contributed by atoms with Gasteiger partial charge in [-0.2, -0.15) is 4.98 Å². The summed E-state index contributed by atoms with van der Waals surface area (Å²) in [5.41, 5.74) is 0. The Morgan fingerprint density at radius 2 is 2.00 bits per heavy atom. The Bertz CT molecular complexity index is 252. The molecule has 0 saturated heterocycles. The van der Waals surface area contributed by atoms with Crippen molar-refractivity contribution in [1.29, 1.82) is 0 Å². The predicted octanol–water partition coefficient (Wildman–Crippen LogP) is 1.59. The Kier molecular flexibility index (Phi) is 4.55. The van der Waals surface area contributed by atoms with E-state index in [2.05, 4.69) is 41.1 Å². The SMILES string of the molecule is CCC(NC)c1nc(N(CC)CC)no1. The van der Waals surface area contributed by atoms with Crippen LogP contribution in [0.25, 0.3) is 0 Å². The van der Waals surface area contributed by atoms with Crippen molar-refractivity contribution in [3.63, 3.8) is 0 Å². The molecule has 0 bridgehead atoms. The highest BCUT2D eigenvalue weighted by atomic mass is 16.5. The molecule has 1 atom stereocenters. The largest absolute Gasteiger partial charge is 0.339 e. The Balaban J connectivity index is 2.78. The van der Waals surface area contributed by atoms with Gasteiger partial charge in [-0.25, -0.2) is 0 Å². The molecule has 0 aliphatic rings. The lowest BCUT2D eigenvalue weighted by molar-refractivity contribution is 0.334. The number of hydrogen-bond donors (Lipinski definition) is 1. The Labute approximate surface area is 90.8 Å². The topological polar surface area (TPSA) is 54.2 Å². The van der Waals surface area contributed by atoms with Gasteiger partial charge in [0.15, 0.2) is 0 Å². The molecule has 0 aromatic carbocycles. The summed E-state index contributed by atoms with van der Waals surface area (Å²) in [6, 6.07) is 0.154. The Morgan fingerprint density at radius 3 is 2.47 bits per heavy atom. The van der Waals surface area contributed by atoms with Crippen molar-refractivity contribution in [2.24, 2.45) is 0 Å². The van der Waals surface area contributed by atoms with E-state index in [-0.39, 0.29) is 6.04 Å². The second-order valence-electron chi connectivity index (χ2n) is 3.35. The molecule has 1 aromatic heterocycles. The van der Waals surface area contributed by atoms with Gasteiger partial charge in [0.1, 0.15) is 0 Å². The molecular weight excluding hydrogens is 192 g/mol. The highest BCUT2D eigenvalue weighted by Crippen LogP contribution is 2.17. The molecule has 1 aromatic rings. The predicted molar refractivity (Wildman–Crippen MR) is 60.0 cm³/mol. The van der Waals surface area contributed by atoms with Crippen molar-refractivity contribution in [3.05, 3.63) is 5.89 Å². The maximum absolute atomic E-state index is 5.23. The summed E-state index contributed by atoms with van der Waals surface area (Å²) in [6.07, 6.45) is 0.941. The van der Waals surface area contributed by atoms with Crippen LogP contribution in [0, 0.1) is 0 Å². The van der Waals surface area contributed by atoms with Gasteiger partial charge < -0.3 is 14.7 Å². The summed E-state index contributed by atoms with van der Waals surface area (Å²) in [6.45, 7) is 8.03. The molecule has 1 unspecified atom stereocenters. The first kappa shape index (κ1) is 12.0. The normalized spacial score (nSPS) is 12.8. The minimum Gasteiger partial charge on any atom is -0.339 e. The van der Waals surface area contributed by atoms with Crippen molar-refractivity contribution in [2.75, 3.05) is 25.0 Å². The van der Waals surface area contributed by atoms with Crippen molar-refractivity contribution < 1.29 is 4.52 Å². The van der Waals surface area contributed by atoms with E-state index in [1.54, 1.807) is 0 Å². The highest BCUT2D eigenvalue weighted by Gasteiger charge is 2.17. The summed E-state index contributed by atoms with van der Waals surface area (Å²) >= 11 is 0. The second-order valence-corrected chi connectivity index (χ2v) is 3.35. The number of nitrogens with one attached hydrogen (secondary N) is 1. The smallest absolute Gasteiger partial charge is 0.266 e. The van der Waals surface area contributed by atoms with E-state index in [4.69, 9.17) is 4.52 Å². The summed E-state index contributed by atoms with van der Waals surface area (Å²) < 4.78 is 5.23. The minimum absolute atomic E-state index is 0.154. The van der Waals surface area contributed by atoms with Crippen LogP contribution in [0.15, 0.2) is 4.52 Å². The first-order valence-electron chi connectivity index (χ1n) is 5.52. The van der Waals surface area contributed by atoms with Crippen molar-refractivity contribution in [2.45, 2.75) is 33.2 Å². The Hall–Kier alpha value is -1.10. The summed E-state index contributed by atoms with van der Waals surface area (Å²) in [4.78, 5) is 6.44. The third-order valence-electron chi connectivity index (χ3n) is 2.53. The Morgan fingerprint density at radius 1 is 1.33 bits per heavy atom. The van der Waals surface area contributed by atoms with Gasteiger partial charge in [0.25, 0.3) is 5.95 Å². The zero-order chi connectivity index (χ0) is 11.3. The number of hydrogen-bond acceptors (Lipinski definition) is 5. The zero-order valence-corrected chi connectivity index (χ0v) is 9.95. The molecule has 86 valence electrons. The van der Waals surface area contributed by atoms with Crippen LogP contribution in [0.2, 0.25) is 0 Å². The van der Waals surface area contributed by atoms with Gasteiger partial charge >= 0.3 is 0 Å². The van der Waals surface area contributed by atoms with Crippen LogP contribution in [0.5, 0.6) is 0 Å². The van der Waals surface area contributed by atoms with Gasteiger partial charge in [0.2, 0.25) is 5.89 Å². The van der Waals surface area contributed by atoms with Crippen LogP contribution >= 0.6 is 0 Å². The van der Waals surface area contributed by atoms with Gasteiger partial charge in [-0.05, 0) is 32.5 Å². The molecule has 0 spiro atoms.